The predicted molar refractivity (Wildman–Crippen MR) is 118 cm³/mol. The Morgan fingerprint density at radius 2 is 1.97 bits per heavy atom. The summed E-state index contributed by atoms with van der Waals surface area (Å²) < 4.78 is 0. The molecule has 1 aliphatic rings. The van der Waals surface area contributed by atoms with Crippen LogP contribution in [0.2, 0.25) is 5.02 Å². The minimum atomic E-state index is -0.669. The van der Waals surface area contributed by atoms with Gasteiger partial charge in [-0.3, -0.25) is 14.9 Å². The predicted octanol–water partition coefficient (Wildman–Crippen LogP) is 4.31. The molecule has 0 aliphatic carbocycles. The summed E-state index contributed by atoms with van der Waals surface area (Å²) >= 11 is 7.35. The van der Waals surface area contributed by atoms with Crippen LogP contribution in [0.15, 0.2) is 48.0 Å². The van der Waals surface area contributed by atoms with Crippen LogP contribution in [0.25, 0.3) is 0 Å². The van der Waals surface area contributed by atoms with E-state index in [1.165, 1.54) is 11.3 Å². The van der Waals surface area contributed by atoms with Gasteiger partial charge in [0.15, 0.2) is 0 Å². The molecule has 8 heteroatoms. The number of hydrogen-bond donors (Lipinski definition) is 1. The molecule has 0 saturated heterocycles. The number of nitrogens with one attached hydrogen (secondary N) is 1. The van der Waals surface area contributed by atoms with Crippen molar-refractivity contribution in [1.29, 1.82) is 0 Å². The minimum absolute atomic E-state index is 0.0468. The lowest BCUT2D eigenvalue weighted by molar-refractivity contribution is -0.137. The van der Waals surface area contributed by atoms with Crippen LogP contribution in [0.4, 0.5) is 5.95 Å². The molecule has 3 aromatic rings. The summed E-state index contributed by atoms with van der Waals surface area (Å²) in [5.74, 6) is 0.112. The largest absolute Gasteiger partial charge is 0.337 e. The molecular formula is C22H21ClN4O2S. The second kappa shape index (κ2) is 8.16. The normalized spacial score (nSPS) is 13.6. The topological polar surface area (TPSA) is 75.2 Å². The van der Waals surface area contributed by atoms with E-state index in [2.05, 4.69) is 15.3 Å². The van der Waals surface area contributed by atoms with E-state index in [-0.39, 0.29) is 17.8 Å². The van der Waals surface area contributed by atoms with Gasteiger partial charge in [-0.1, -0.05) is 29.8 Å². The van der Waals surface area contributed by atoms with Crippen LogP contribution in [0.1, 0.15) is 40.3 Å². The van der Waals surface area contributed by atoms with E-state index in [1.807, 2.05) is 42.3 Å². The van der Waals surface area contributed by atoms with Crippen LogP contribution >= 0.6 is 22.9 Å². The number of aromatic nitrogens is 2. The minimum Gasteiger partial charge on any atom is -0.337 e. The number of thiophene rings is 1. The first-order valence-corrected chi connectivity index (χ1v) is 10.9. The van der Waals surface area contributed by atoms with Gasteiger partial charge < -0.3 is 4.90 Å². The Hall–Kier alpha value is -2.77. The molecule has 1 aliphatic heterocycles. The molecule has 1 aromatic carbocycles. The zero-order valence-corrected chi connectivity index (χ0v) is 18.3. The Kier molecular flexibility index (Phi) is 5.58. The fourth-order valence-corrected chi connectivity index (χ4v) is 4.25. The van der Waals surface area contributed by atoms with Gasteiger partial charge in [0.2, 0.25) is 11.9 Å². The van der Waals surface area contributed by atoms with Crippen LogP contribution in [0, 0.1) is 0 Å². The van der Waals surface area contributed by atoms with Gasteiger partial charge in [0.1, 0.15) is 0 Å². The molecule has 2 aromatic heterocycles. The lowest BCUT2D eigenvalue weighted by atomic mass is 9.82. The van der Waals surface area contributed by atoms with E-state index in [0.29, 0.717) is 29.4 Å². The van der Waals surface area contributed by atoms with Crippen molar-refractivity contribution < 1.29 is 9.59 Å². The molecule has 30 heavy (non-hydrogen) atoms. The number of carbonyl (C=O) groups excluding carboxylic acids is 2. The summed E-state index contributed by atoms with van der Waals surface area (Å²) in [7, 11) is 0. The summed E-state index contributed by atoms with van der Waals surface area (Å²) in [6, 6.07) is 11.0. The molecular weight excluding hydrogens is 420 g/mol. The van der Waals surface area contributed by atoms with E-state index in [0.717, 1.165) is 16.8 Å². The van der Waals surface area contributed by atoms with Crippen LogP contribution in [-0.4, -0.2) is 33.2 Å². The third kappa shape index (κ3) is 4.08. The summed E-state index contributed by atoms with van der Waals surface area (Å²) in [5.41, 5.74) is 2.01. The number of fused-ring (bicyclic) bond motifs is 1. The first-order chi connectivity index (χ1) is 14.3. The maximum atomic E-state index is 13.3. The summed E-state index contributed by atoms with van der Waals surface area (Å²) in [5, 5.41) is 5.23. The molecule has 154 valence electrons. The Morgan fingerprint density at radius 1 is 1.20 bits per heavy atom. The van der Waals surface area contributed by atoms with Crippen molar-refractivity contribution in [3.63, 3.8) is 0 Å². The van der Waals surface area contributed by atoms with Gasteiger partial charge in [-0.2, -0.15) is 0 Å². The Labute approximate surface area is 183 Å². The fourth-order valence-electron chi connectivity index (χ4n) is 3.51. The summed E-state index contributed by atoms with van der Waals surface area (Å²) in [4.78, 5) is 36.7. The molecule has 6 nitrogen and oxygen atoms in total. The Balaban J connectivity index is 1.47. The zero-order chi connectivity index (χ0) is 21.3. The number of hydrogen-bond acceptors (Lipinski definition) is 5. The molecule has 1 N–H and O–H groups in total. The van der Waals surface area contributed by atoms with Gasteiger partial charge in [0, 0.05) is 36.3 Å². The second-order valence-corrected chi connectivity index (χ2v) is 9.09. The molecule has 4 rings (SSSR count). The third-order valence-corrected chi connectivity index (χ3v) is 6.41. The van der Waals surface area contributed by atoms with Crippen LogP contribution < -0.4 is 5.32 Å². The van der Waals surface area contributed by atoms with Gasteiger partial charge in [-0.25, -0.2) is 9.97 Å². The van der Waals surface area contributed by atoms with Gasteiger partial charge >= 0.3 is 0 Å². The smallest absolute Gasteiger partial charge is 0.268 e. The summed E-state index contributed by atoms with van der Waals surface area (Å²) in [6.07, 6.45) is 2.31. The maximum absolute atomic E-state index is 13.3. The molecule has 0 unspecified atom stereocenters. The van der Waals surface area contributed by atoms with Crippen molar-refractivity contribution in [2.24, 2.45) is 0 Å². The van der Waals surface area contributed by atoms with Crippen LogP contribution in [0.5, 0.6) is 0 Å². The van der Waals surface area contributed by atoms with Crippen molar-refractivity contribution in [2.45, 2.75) is 32.2 Å². The standard InChI is InChI=1S/C22H21ClN4O2S/c1-22(2,15-5-7-16(23)8-6-15)20(29)27-10-9-17-14(13-27)12-24-21(25-17)26-19(28)18-4-3-11-30-18/h3-8,11-12H,9-10,13H2,1-2H3,(H,24,25,26,28). The second-order valence-electron chi connectivity index (χ2n) is 7.71. The highest BCUT2D eigenvalue weighted by Crippen LogP contribution is 2.29. The van der Waals surface area contributed by atoms with Crippen molar-refractivity contribution in [3.8, 4) is 0 Å². The van der Waals surface area contributed by atoms with Crippen LogP contribution in [-0.2, 0) is 23.2 Å². The van der Waals surface area contributed by atoms with E-state index in [1.54, 1.807) is 24.4 Å². The van der Waals surface area contributed by atoms with Crippen LogP contribution in [0.3, 0.4) is 0 Å². The molecule has 0 bridgehead atoms. The monoisotopic (exact) mass is 440 g/mol. The molecule has 0 spiro atoms. The molecule has 3 heterocycles. The number of nitrogens with zero attached hydrogens (tertiary/aromatic N) is 3. The molecule has 0 radical (unpaired) electrons. The highest BCUT2D eigenvalue weighted by atomic mass is 35.5. The first-order valence-electron chi connectivity index (χ1n) is 9.59. The number of anilines is 1. The van der Waals surface area contributed by atoms with Crippen molar-refractivity contribution >= 4 is 40.7 Å². The fraction of sp³-hybridized carbons (Fsp3) is 0.273. The summed E-state index contributed by atoms with van der Waals surface area (Å²) in [6.45, 7) is 4.87. The molecule has 0 fully saturated rings. The number of rotatable bonds is 4. The molecule has 0 atom stereocenters. The van der Waals surface area contributed by atoms with E-state index >= 15 is 0 Å². The maximum Gasteiger partial charge on any atom is 0.268 e. The number of carbonyl (C=O) groups is 2. The molecule has 0 saturated carbocycles. The van der Waals surface area contributed by atoms with Crippen molar-refractivity contribution in [2.75, 3.05) is 11.9 Å². The quantitative estimate of drug-likeness (QED) is 0.656. The Bertz CT molecular complexity index is 1080. The number of amides is 2. The lowest BCUT2D eigenvalue weighted by Gasteiger charge is -2.35. The van der Waals surface area contributed by atoms with E-state index in [9.17, 15) is 9.59 Å². The van der Waals surface area contributed by atoms with E-state index in [4.69, 9.17) is 11.6 Å². The van der Waals surface area contributed by atoms with Gasteiger partial charge in [-0.15, -0.1) is 11.3 Å². The van der Waals surface area contributed by atoms with E-state index < -0.39 is 5.41 Å². The lowest BCUT2D eigenvalue weighted by Crippen LogP contribution is -2.45. The van der Waals surface area contributed by atoms with Gasteiger partial charge in [-0.05, 0) is 43.0 Å². The average Bonchev–Trinajstić information content (AvgIpc) is 3.28. The van der Waals surface area contributed by atoms with Gasteiger partial charge in [0.05, 0.1) is 16.0 Å². The van der Waals surface area contributed by atoms with Crippen molar-refractivity contribution in [3.05, 3.63) is 74.7 Å². The zero-order valence-electron chi connectivity index (χ0n) is 16.7. The number of halogens is 1. The first kappa shape index (κ1) is 20.5. The Morgan fingerprint density at radius 3 is 2.67 bits per heavy atom. The highest BCUT2D eigenvalue weighted by Gasteiger charge is 2.35. The average molecular weight is 441 g/mol. The van der Waals surface area contributed by atoms with Gasteiger partial charge in [0.25, 0.3) is 5.91 Å². The molecule has 2 amide bonds. The number of benzene rings is 1. The SMILES string of the molecule is CC(C)(C(=O)N1CCc2nc(NC(=O)c3cccs3)ncc2C1)c1ccc(Cl)cc1. The van der Waals surface area contributed by atoms with Crippen molar-refractivity contribution in [1.82, 2.24) is 14.9 Å². The third-order valence-electron chi connectivity index (χ3n) is 5.29. The highest BCUT2D eigenvalue weighted by molar-refractivity contribution is 7.12.